The topological polar surface area (TPSA) is 49.2 Å². The van der Waals surface area contributed by atoms with Crippen LogP contribution in [0.4, 0.5) is 17.2 Å². The Hall–Kier alpha value is -7.04. The van der Waals surface area contributed by atoms with Crippen LogP contribution in [0.5, 0.6) is 5.75 Å². The van der Waals surface area contributed by atoms with Crippen LogP contribution in [0.15, 0.2) is 182 Å². The van der Waals surface area contributed by atoms with E-state index in [0.29, 0.717) is 11.3 Å². The first-order chi connectivity index (χ1) is 28.9. The minimum absolute atomic E-state index is 0.0648. The summed E-state index contributed by atoms with van der Waals surface area (Å²) in [6.07, 6.45) is 1.85. The smallest absolute Gasteiger partial charge is 0.137 e. The predicted molar refractivity (Wildman–Crippen MR) is 253 cm³/mol. The van der Waals surface area contributed by atoms with E-state index in [1.54, 1.807) is 6.07 Å². The van der Waals surface area contributed by atoms with E-state index < -0.39 is 0 Å². The molecule has 7 aromatic carbocycles. The Labute approximate surface area is 353 Å². The van der Waals surface area contributed by atoms with Crippen molar-refractivity contribution in [2.75, 3.05) is 4.90 Å². The lowest BCUT2D eigenvalue weighted by atomic mass is 9.79. The third-order valence-electron chi connectivity index (χ3n) is 11.5. The van der Waals surface area contributed by atoms with Crippen molar-refractivity contribution in [1.82, 2.24) is 9.97 Å². The highest BCUT2D eigenvalue weighted by Crippen LogP contribution is 2.44. The third kappa shape index (κ3) is 7.53. The average molecular weight is 780 g/mol. The largest absolute Gasteiger partial charge is 0.507 e. The maximum Gasteiger partial charge on any atom is 0.137 e. The molecular weight excluding hydrogens is 731 g/mol. The monoisotopic (exact) mass is 779 g/mol. The Balaban J connectivity index is 1.36. The number of hydrogen-bond acceptors (Lipinski definition) is 4. The van der Waals surface area contributed by atoms with Crippen molar-refractivity contribution in [1.29, 1.82) is 0 Å². The molecule has 0 aliphatic carbocycles. The summed E-state index contributed by atoms with van der Waals surface area (Å²) in [7, 11) is 0. The average Bonchev–Trinajstić information content (AvgIpc) is 3.26. The predicted octanol–water partition coefficient (Wildman–Crippen LogP) is 15.2. The van der Waals surface area contributed by atoms with Gasteiger partial charge in [0, 0.05) is 28.4 Å². The maximum absolute atomic E-state index is 11.3. The van der Waals surface area contributed by atoms with Crippen molar-refractivity contribution in [3.63, 3.8) is 0 Å². The molecule has 4 nitrogen and oxygen atoms in total. The van der Waals surface area contributed by atoms with E-state index in [2.05, 4.69) is 186 Å². The van der Waals surface area contributed by atoms with Gasteiger partial charge in [-0.3, -0.25) is 4.90 Å². The fourth-order valence-corrected chi connectivity index (χ4v) is 8.14. The number of anilines is 3. The first kappa shape index (κ1) is 38.5. The molecule has 0 radical (unpaired) electrons. The molecule has 9 aromatic rings. The normalized spacial score (nSPS) is 11.9. The molecular formula is C56H49N3O. The van der Waals surface area contributed by atoms with Gasteiger partial charge in [0.05, 0.1) is 17.1 Å². The van der Waals surface area contributed by atoms with Crippen molar-refractivity contribution in [2.45, 2.75) is 52.4 Å². The second kappa shape index (κ2) is 15.3. The number of fused-ring (bicyclic) bond motifs is 2. The number of aromatic nitrogens is 2. The van der Waals surface area contributed by atoms with E-state index >= 15 is 0 Å². The highest BCUT2D eigenvalue weighted by molar-refractivity contribution is 6.01. The summed E-state index contributed by atoms with van der Waals surface area (Å²) in [5.74, 6) is 0.995. The van der Waals surface area contributed by atoms with Gasteiger partial charge >= 0.3 is 0 Å². The fraction of sp³-hybridized carbons (Fsp3) is 0.143. The van der Waals surface area contributed by atoms with Crippen LogP contribution in [-0.2, 0) is 10.8 Å². The number of phenols is 1. The van der Waals surface area contributed by atoms with Gasteiger partial charge in [-0.15, -0.1) is 0 Å². The minimum Gasteiger partial charge on any atom is -0.507 e. The van der Waals surface area contributed by atoms with Gasteiger partial charge in [-0.25, -0.2) is 9.97 Å². The molecule has 0 aliphatic rings. The number of para-hydroxylation sites is 1. The SMILES string of the molecule is CC(C)(C)c1cc(-c2cc(-c3cc(-c4cccc5ccccc45)cc(N(c4ccccn4)c4cccc5ccccc45)c3)nc(-c3ccccc3O)c2)cc(C(C)(C)C)c1. The molecule has 4 heteroatoms. The van der Waals surface area contributed by atoms with Crippen LogP contribution in [0.1, 0.15) is 52.7 Å². The Bertz CT molecular complexity index is 2980. The van der Waals surface area contributed by atoms with Gasteiger partial charge in [0.15, 0.2) is 0 Å². The molecule has 1 N–H and O–H groups in total. The molecule has 60 heavy (non-hydrogen) atoms. The highest BCUT2D eigenvalue weighted by atomic mass is 16.3. The first-order valence-corrected chi connectivity index (χ1v) is 20.7. The second-order valence-corrected chi connectivity index (χ2v) is 17.8. The van der Waals surface area contributed by atoms with Crippen molar-refractivity contribution in [3.05, 3.63) is 193 Å². The van der Waals surface area contributed by atoms with Crippen LogP contribution in [-0.4, -0.2) is 15.1 Å². The number of rotatable bonds is 7. The number of pyridine rings is 2. The van der Waals surface area contributed by atoms with Gasteiger partial charge in [-0.1, -0.05) is 157 Å². The first-order valence-electron chi connectivity index (χ1n) is 20.7. The molecule has 0 aliphatic heterocycles. The summed E-state index contributed by atoms with van der Waals surface area (Å²) in [5, 5.41) is 15.9. The molecule has 0 spiro atoms. The van der Waals surface area contributed by atoms with Crippen molar-refractivity contribution >= 4 is 38.7 Å². The van der Waals surface area contributed by atoms with E-state index in [0.717, 1.165) is 61.5 Å². The molecule has 2 heterocycles. The van der Waals surface area contributed by atoms with Crippen LogP contribution in [0.3, 0.4) is 0 Å². The van der Waals surface area contributed by atoms with Crippen molar-refractivity contribution < 1.29 is 5.11 Å². The van der Waals surface area contributed by atoms with E-state index in [-0.39, 0.29) is 16.6 Å². The molecule has 0 bridgehead atoms. The summed E-state index contributed by atoms with van der Waals surface area (Å²) in [5.41, 5.74) is 11.8. The summed E-state index contributed by atoms with van der Waals surface area (Å²) < 4.78 is 0. The molecule has 294 valence electrons. The second-order valence-electron chi connectivity index (χ2n) is 17.8. The van der Waals surface area contributed by atoms with Gasteiger partial charge in [-0.05, 0) is 121 Å². The number of aromatic hydroxyl groups is 1. The Morgan fingerprint density at radius 2 is 1.02 bits per heavy atom. The fourth-order valence-electron chi connectivity index (χ4n) is 8.14. The molecule has 0 amide bonds. The molecule has 9 rings (SSSR count). The zero-order chi connectivity index (χ0) is 41.6. The zero-order valence-electron chi connectivity index (χ0n) is 35.1. The minimum atomic E-state index is -0.0648. The van der Waals surface area contributed by atoms with Crippen LogP contribution in [0.2, 0.25) is 0 Å². The van der Waals surface area contributed by atoms with E-state index in [1.807, 2.05) is 36.5 Å². The van der Waals surface area contributed by atoms with Crippen LogP contribution in [0, 0.1) is 0 Å². The van der Waals surface area contributed by atoms with Gasteiger partial charge in [-0.2, -0.15) is 0 Å². The van der Waals surface area contributed by atoms with Crippen molar-refractivity contribution in [3.8, 4) is 50.5 Å². The molecule has 0 unspecified atom stereocenters. The van der Waals surface area contributed by atoms with Gasteiger partial charge in [0.25, 0.3) is 0 Å². The third-order valence-corrected chi connectivity index (χ3v) is 11.5. The lowest BCUT2D eigenvalue weighted by Gasteiger charge is -2.27. The summed E-state index contributed by atoms with van der Waals surface area (Å²) >= 11 is 0. The Morgan fingerprint density at radius 3 is 1.72 bits per heavy atom. The molecule has 0 saturated carbocycles. The quantitative estimate of drug-likeness (QED) is 0.175. The van der Waals surface area contributed by atoms with Crippen molar-refractivity contribution in [2.24, 2.45) is 0 Å². The lowest BCUT2D eigenvalue weighted by molar-refractivity contribution is 0.477. The lowest BCUT2D eigenvalue weighted by Crippen LogP contribution is -2.16. The van der Waals surface area contributed by atoms with Gasteiger partial charge in [0.2, 0.25) is 0 Å². The van der Waals surface area contributed by atoms with E-state index in [9.17, 15) is 5.11 Å². The highest BCUT2D eigenvalue weighted by Gasteiger charge is 2.23. The van der Waals surface area contributed by atoms with Crippen LogP contribution >= 0.6 is 0 Å². The number of phenolic OH excluding ortho intramolecular Hbond substituents is 1. The van der Waals surface area contributed by atoms with E-state index in [1.165, 1.54) is 21.9 Å². The number of hydrogen-bond donors (Lipinski definition) is 1. The number of nitrogens with zero attached hydrogens (tertiary/aromatic N) is 3. The maximum atomic E-state index is 11.3. The zero-order valence-corrected chi connectivity index (χ0v) is 35.1. The number of benzene rings is 7. The molecule has 0 saturated heterocycles. The van der Waals surface area contributed by atoms with E-state index in [4.69, 9.17) is 9.97 Å². The molecule has 0 fully saturated rings. The standard InChI is InChI=1S/C56H49N3O/c1-55(2,3)43-30-39(31-44(36-43)56(4,5)6)40-34-50(58-51(35-40)49-23-11-12-26-53(49)60)42-29-41(47-24-15-19-37-17-7-9-21-46(37)47)32-45(33-42)59(54-27-13-14-28-57-54)52-25-16-20-38-18-8-10-22-48(38)52/h7-36,60H,1-6H3. The summed E-state index contributed by atoms with van der Waals surface area (Å²) in [4.78, 5) is 12.6. The summed E-state index contributed by atoms with van der Waals surface area (Å²) in [6, 6.07) is 61.7. The Morgan fingerprint density at radius 1 is 0.450 bits per heavy atom. The van der Waals surface area contributed by atoms with Crippen LogP contribution in [0.25, 0.3) is 66.3 Å². The van der Waals surface area contributed by atoms with Crippen LogP contribution < -0.4 is 4.90 Å². The van der Waals surface area contributed by atoms with Gasteiger partial charge in [0.1, 0.15) is 11.6 Å². The van der Waals surface area contributed by atoms with Gasteiger partial charge < -0.3 is 5.11 Å². The molecule has 2 aromatic heterocycles. The summed E-state index contributed by atoms with van der Waals surface area (Å²) in [6.45, 7) is 13.6. The Kier molecular flexibility index (Phi) is 9.80. The molecule has 0 atom stereocenters.